The van der Waals surface area contributed by atoms with E-state index in [0.29, 0.717) is 0 Å². The van der Waals surface area contributed by atoms with Crippen molar-refractivity contribution in [1.82, 2.24) is 15.1 Å². The number of nitrogens with zero attached hydrogens (tertiary/aromatic N) is 3. The standard InChI is InChI=1S/C13H24N4O/c1-10-9-17(6-5-7-18-10)13-12(8-14-3)11(2)15-16(13)4/h10,14H,5-9H2,1-4H3. The first-order valence-electron chi connectivity index (χ1n) is 6.67. The van der Waals surface area contributed by atoms with Crippen LogP contribution < -0.4 is 10.2 Å². The molecule has 0 radical (unpaired) electrons. The Balaban J connectivity index is 2.30. The van der Waals surface area contributed by atoms with E-state index in [1.54, 1.807) is 0 Å². The normalized spacial score (nSPS) is 21.1. The largest absolute Gasteiger partial charge is 0.377 e. The minimum absolute atomic E-state index is 0.283. The fraction of sp³-hybridized carbons (Fsp3) is 0.769. The molecule has 0 saturated carbocycles. The van der Waals surface area contributed by atoms with Crippen LogP contribution in [0.4, 0.5) is 5.82 Å². The van der Waals surface area contributed by atoms with Crippen molar-refractivity contribution in [1.29, 1.82) is 0 Å². The molecule has 0 aliphatic carbocycles. The Kier molecular flexibility index (Phi) is 4.24. The summed E-state index contributed by atoms with van der Waals surface area (Å²) in [5.74, 6) is 1.24. The summed E-state index contributed by atoms with van der Waals surface area (Å²) in [6.45, 7) is 7.92. The quantitative estimate of drug-likeness (QED) is 0.873. The molecule has 102 valence electrons. The maximum atomic E-state index is 5.71. The molecule has 2 rings (SSSR count). The van der Waals surface area contributed by atoms with E-state index < -0.39 is 0 Å². The molecule has 5 heteroatoms. The average molecular weight is 252 g/mol. The highest BCUT2D eigenvalue weighted by Crippen LogP contribution is 2.24. The first kappa shape index (κ1) is 13.4. The van der Waals surface area contributed by atoms with E-state index in [-0.39, 0.29) is 6.10 Å². The highest BCUT2D eigenvalue weighted by atomic mass is 16.5. The molecule has 0 bridgehead atoms. The molecule has 2 heterocycles. The van der Waals surface area contributed by atoms with Crippen LogP contribution in [0.15, 0.2) is 0 Å². The zero-order valence-electron chi connectivity index (χ0n) is 11.9. The summed E-state index contributed by atoms with van der Waals surface area (Å²) in [6.07, 6.45) is 1.36. The van der Waals surface area contributed by atoms with Crippen molar-refractivity contribution in [3.63, 3.8) is 0 Å². The van der Waals surface area contributed by atoms with Gasteiger partial charge in [0.2, 0.25) is 0 Å². The summed E-state index contributed by atoms with van der Waals surface area (Å²) in [4.78, 5) is 2.41. The van der Waals surface area contributed by atoms with Crippen LogP contribution in [0.2, 0.25) is 0 Å². The third kappa shape index (κ3) is 2.67. The van der Waals surface area contributed by atoms with Gasteiger partial charge in [0.25, 0.3) is 0 Å². The van der Waals surface area contributed by atoms with E-state index in [9.17, 15) is 0 Å². The maximum Gasteiger partial charge on any atom is 0.131 e. The topological polar surface area (TPSA) is 42.3 Å². The summed E-state index contributed by atoms with van der Waals surface area (Å²) >= 11 is 0. The smallest absolute Gasteiger partial charge is 0.131 e. The first-order chi connectivity index (χ1) is 8.63. The number of ether oxygens (including phenoxy) is 1. The van der Waals surface area contributed by atoms with Gasteiger partial charge in [-0.3, -0.25) is 4.68 Å². The number of nitrogens with one attached hydrogen (secondary N) is 1. The van der Waals surface area contributed by atoms with Gasteiger partial charge in [-0.15, -0.1) is 0 Å². The highest BCUT2D eigenvalue weighted by molar-refractivity contribution is 5.50. The Morgan fingerprint density at radius 1 is 1.50 bits per heavy atom. The van der Waals surface area contributed by atoms with E-state index in [4.69, 9.17) is 4.74 Å². The van der Waals surface area contributed by atoms with E-state index in [1.165, 1.54) is 11.4 Å². The van der Waals surface area contributed by atoms with Crippen LogP contribution in [-0.2, 0) is 18.3 Å². The van der Waals surface area contributed by atoms with Crippen LogP contribution in [0.3, 0.4) is 0 Å². The average Bonchev–Trinajstić information content (AvgIpc) is 2.50. The molecule has 1 aromatic heterocycles. The molecule has 5 nitrogen and oxygen atoms in total. The predicted molar refractivity (Wildman–Crippen MR) is 73.0 cm³/mol. The second kappa shape index (κ2) is 5.71. The number of hydrogen-bond acceptors (Lipinski definition) is 4. The summed E-state index contributed by atoms with van der Waals surface area (Å²) < 4.78 is 7.71. The lowest BCUT2D eigenvalue weighted by atomic mass is 10.2. The Morgan fingerprint density at radius 3 is 3.00 bits per heavy atom. The van der Waals surface area contributed by atoms with Gasteiger partial charge >= 0.3 is 0 Å². The number of rotatable bonds is 3. The van der Waals surface area contributed by atoms with Gasteiger partial charge in [-0.25, -0.2) is 0 Å². The Bertz CT molecular complexity index is 402. The number of aromatic nitrogens is 2. The van der Waals surface area contributed by atoms with Crippen LogP contribution in [0.25, 0.3) is 0 Å². The fourth-order valence-corrected chi connectivity index (χ4v) is 2.66. The van der Waals surface area contributed by atoms with E-state index in [1.807, 2.05) is 18.8 Å². The van der Waals surface area contributed by atoms with Gasteiger partial charge in [0.15, 0.2) is 0 Å². The minimum atomic E-state index is 0.283. The maximum absolute atomic E-state index is 5.71. The molecule has 1 fully saturated rings. The van der Waals surface area contributed by atoms with Crippen molar-refractivity contribution in [3.05, 3.63) is 11.3 Å². The van der Waals surface area contributed by atoms with Crippen molar-refractivity contribution in [2.75, 3.05) is 31.6 Å². The first-order valence-corrected chi connectivity index (χ1v) is 6.67. The highest BCUT2D eigenvalue weighted by Gasteiger charge is 2.22. The molecule has 1 N–H and O–H groups in total. The lowest BCUT2D eigenvalue weighted by Crippen LogP contribution is -2.32. The zero-order valence-corrected chi connectivity index (χ0v) is 11.9. The Hall–Kier alpha value is -1.07. The predicted octanol–water partition coefficient (Wildman–Crippen LogP) is 1.06. The van der Waals surface area contributed by atoms with E-state index >= 15 is 0 Å². The van der Waals surface area contributed by atoms with Crippen LogP contribution >= 0.6 is 0 Å². The SMILES string of the molecule is CNCc1c(C)nn(C)c1N1CCCOC(C)C1. The molecule has 1 unspecified atom stereocenters. The van der Waals surface area contributed by atoms with Gasteiger partial charge in [0.1, 0.15) is 5.82 Å². The summed E-state index contributed by atoms with van der Waals surface area (Å²) in [6, 6.07) is 0. The monoisotopic (exact) mass is 252 g/mol. The second-order valence-corrected chi connectivity index (χ2v) is 5.02. The molecule has 0 aromatic carbocycles. The van der Waals surface area contributed by atoms with Gasteiger partial charge in [-0.2, -0.15) is 5.10 Å². The van der Waals surface area contributed by atoms with Crippen molar-refractivity contribution < 1.29 is 4.74 Å². The van der Waals surface area contributed by atoms with Crippen molar-refractivity contribution in [2.24, 2.45) is 7.05 Å². The lowest BCUT2D eigenvalue weighted by molar-refractivity contribution is 0.0820. The van der Waals surface area contributed by atoms with Gasteiger partial charge in [0, 0.05) is 38.9 Å². The zero-order chi connectivity index (χ0) is 13.1. The lowest BCUT2D eigenvalue weighted by Gasteiger charge is -2.25. The molecule has 0 amide bonds. The van der Waals surface area contributed by atoms with Crippen LogP contribution in [0, 0.1) is 6.92 Å². The molecule has 18 heavy (non-hydrogen) atoms. The summed E-state index contributed by atoms with van der Waals surface area (Å²) in [7, 11) is 4.00. The van der Waals surface area contributed by atoms with E-state index in [2.05, 4.69) is 29.2 Å². The van der Waals surface area contributed by atoms with Gasteiger partial charge in [-0.05, 0) is 27.3 Å². The molecule has 0 spiro atoms. The van der Waals surface area contributed by atoms with E-state index in [0.717, 1.165) is 38.4 Å². The molecule has 1 aliphatic rings. The second-order valence-electron chi connectivity index (χ2n) is 5.02. The van der Waals surface area contributed by atoms with Crippen molar-refractivity contribution >= 4 is 5.82 Å². The number of hydrogen-bond donors (Lipinski definition) is 1. The van der Waals surface area contributed by atoms with Crippen molar-refractivity contribution in [3.8, 4) is 0 Å². The van der Waals surface area contributed by atoms with Crippen molar-refractivity contribution in [2.45, 2.75) is 32.9 Å². The van der Waals surface area contributed by atoms with Crippen LogP contribution in [0.1, 0.15) is 24.6 Å². The molecule has 1 aromatic rings. The molecular weight excluding hydrogens is 228 g/mol. The minimum Gasteiger partial charge on any atom is -0.377 e. The number of aryl methyl sites for hydroxylation is 2. The molecule has 1 atom stereocenters. The summed E-state index contributed by atoms with van der Waals surface area (Å²) in [5.41, 5.74) is 2.41. The third-order valence-electron chi connectivity index (χ3n) is 3.42. The molecule has 1 saturated heterocycles. The molecular formula is C13H24N4O. The summed E-state index contributed by atoms with van der Waals surface area (Å²) in [5, 5.41) is 7.79. The third-order valence-corrected chi connectivity index (χ3v) is 3.42. The van der Waals surface area contributed by atoms with Gasteiger partial charge < -0.3 is 15.0 Å². The number of anilines is 1. The molecule has 1 aliphatic heterocycles. The fourth-order valence-electron chi connectivity index (χ4n) is 2.66. The van der Waals surface area contributed by atoms with Gasteiger partial charge in [0.05, 0.1) is 11.8 Å². The van der Waals surface area contributed by atoms with Gasteiger partial charge in [-0.1, -0.05) is 0 Å². The Labute approximate surface area is 109 Å². The van der Waals surface area contributed by atoms with Crippen LogP contribution in [-0.4, -0.2) is 42.6 Å². The Morgan fingerprint density at radius 2 is 2.28 bits per heavy atom. The van der Waals surface area contributed by atoms with Crippen LogP contribution in [0.5, 0.6) is 0 Å².